The maximum Gasteiger partial charge on any atom is 0.338 e. The van der Waals surface area contributed by atoms with Crippen molar-refractivity contribution in [1.82, 2.24) is 5.32 Å². The number of carbonyl (C=O) groups is 1. The predicted octanol–water partition coefficient (Wildman–Crippen LogP) is 4.54. The van der Waals surface area contributed by atoms with E-state index in [9.17, 15) is 4.79 Å². The molecule has 0 fully saturated rings. The number of benzene rings is 2. The Bertz CT molecular complexity index is 819. The first kappa shape index (κ1) is 18.4. The molecule has 5 heteroatoms. The maximum atomic E-state index is 12.1. The molecule has 0 radical (unpaired) electrons. The molecule has 0 unspecified atom stereocenters. The van der Waals surface area contributed by atoms with Crippen LogP contribution < -0.4 is 10.6 Å². The van der Waals surface area contributed by atoms with Gasteiger partial charge in [0.1, 0.15) is 0 Å². The van der Waals surface area contributed by atoms with Crippen LogP contribution in [0.15, 0.2) is 42.5 Å². The fourth-order valence-electron chi connectivity index (χ4n) is 3.42. The molecule has 0 aliphatic heterocycles. The highest BCUT2D eigenvalue weighted by Crippen LogP contribution is 2.29. The van der Waals surface area contributed by atoms with Crippen molar-refractivity contribution < 1.29 is 9.53 Å². The first-order chi connectivity index (χ1) is 12.6. The average molecular weight is 369 g/mol. The van der Waals surface area contributed by atoms with E-state index in [2.05, 4.69) is 34.9 Å². The predicted molar refractivity (Wildman–Crippen MR) is 109 cm³/mol. The smallest absolute Gasteiger partial charge is 0.338 e. The largest absolute Gasteiger partial charge is 0.462 e. The monoisotopic (exact) mass is 368 g/mol. The normalized spacial score (nSPS) is 15.7. The lowest BCUT2D eigenvalue weighted by molar-refractivity contribution is 0.0525. The highest BCUT2D eigenvalue weighted by atomic mass is 32.1. The number of ether oxygens (including phenoxy) is 1. The Morgan fingerprint density at radius 3 is 2.85 bits per heavy atom. The minimum Gasteiger partial charge on any atom is -0.462 e. The fourth-order valence-corrected chi connectivity index (χ4v) is 3.67. The Labute approximate surface area is 160 Å². The molecular weight excluding hydrogens is 344 g/mol. The van der Waals surface area contributed by atoms with Crippen LogP contribution in [0.25, 0.3) is 0 Å². The number of aryl methyl sites for hydroxylation is 1. The quantitative estimate of drug-likeness (QED) is 0.613. The Hall–Kier alpha value is -2.40. The SMILES string of the molecule is CCOC(=O)c1cccc(NC(=S)N[C@H]2CCCc3ccccc32)c1C. The number of anilines is 1. The van der Waals surface area contributed by atoms with E-state index in [0.29, 0.717) is 17.3 Å². The summed E-state index contributed by atoms with van der Waals surface area (Å²) in [4.78, 5) is 12.1. The molecule has 0 heterocycles. The van der Waals surface area contributed by atoms with Crippen molar-refractivity contribution in [2.24, 2.45) is 0 Å². The summed E-state index contributed by atoms with van der Waals surface area (Å²) in [7, 11) is 0. The summed E-state index contributed by atoms with van der Waals surface area (Å²) < 4.78 is 5.11. The third-order valence-corrected chi connectivity index (χ3v) is 4.97. The Morgan fingerprint density at radius 1 is 1.23 bits per heavy atom. The van der Waals surface area contributed by atoms with Gasteiger partial charge in [-0.05, 0) is 74.2 Å². The molecule has 4 nitrogen and oxygen atoms in total. The number of hydrogen-bond donors (Lipinski definition) is 2. The lowest BCUT2D eigenvalue weighted by Crippen LogP contribution is -2.34. The highest BCUT2D eigenvalue weighted by Gasteiger charge is 2.20. The van der Waals surface area contributed by atoms with Crippen LogP contribution in [0.1, 0.15) is 52.9 Å². The summed E-state index contributed by atoms with van der Waals surface area (Å²) in [6, 6.07) is 14.2. The van der Waals surface area contributed by atoms with Gasteiger partial charge in [-0.1, -0.05) is 30.3 Å². The second-order valence-electron chi connectivity index (χ2n) is 6.44. The highest BCUT2D eigenvalue weighted by molar-refractivity contribution is 7.80. The molecule has 2 aromatic carbocycles. The molecule has 2 N–H and O–H groups in total. The van der Waals surface area contributed by atoms with E-state index in [1.165, 1.54) is 11.1 Å². The average Bonchev–Trinajstić information content (AvgIpc) is 2.64. The van der Waals surface area contributed by atoms with Gasteiger partial charge in [-0.2, -0.15) is 0 Å². The van der Waals surface area contributed by atoms with Crippen LogP contribution in [-0.2, 0) is 11.2 Å². The van der Waals surface area contributed by atoms with E-state index in [1.54, 1.807) is 13.0 Å². The number of carbonyl (C=O) groups excluding carboxylic acids is 1. The molecule has 0 bridgehead atoms. The molecule has 3 rings (SSSR count). The molecule has 0 amide bonds. The zero-order valence-electron chi connectivity index (χ0n) is 15.2. The van der Waals surface area contributed by atoms with Crippen LogP contribution in [0.5, 0.6) is 0 Å². The van der Waals surface area contributed by atoms with Crippen molar-refractivity contribution in [2.75, 3.05) is 11.9 Å². The Kier molecular flexibility index (Phi) is 5.89. The first-order valence-electron chi connectivity index (χ1n) is 9.02. The number of hydrogen-bond acceptors (Lipinski definition) is 3. The summed E-state index contributed by atoms with van der Waals surface area (Å²) in [6.07, 6.45) is 3.32. The maximum absolute atomic E-state index is 12.1. The zero-order chi connectivity index (χ0) is 18.5. The van der Waals surface area contributed by atoms with Crippen LogP contribution in [0.2, 0.25) is 0 Å². The molecule has 0 saturated heterocycles. The third-order valence-electron chi connectivity index (χ3n) is 4.75. The van der Waals surface area contributed by atoms with E-state index in [0.717, 1.165) is 30.5 Å². The number of thiocarbonyl (C=S) groups is 1. The number of esters is 1. The van der Waals surface area contributed by atoms with Gasteiger partial charge in [0, 0.05) is 5.69 Å². The standard InChI is InChI=1S/C21H24N2O2S/c1-3-25-20(24)16-11-7-12-18(14(16)2)22-21(26)23-19-13-6-9-15-8-4-5-10-17(15)19/h4-5,7-8,10-12,19H,3,6,9,13H2,1-2H3,(H2,22,23,26)/t19-/m0/s1. The van der Waals surface area contributed by atoms with Gasteiger partial charge in [0.2, 0.25) is 0 Å². The van der Waals surface area contributed by atoms with Gasteiger partial charge in [-0.15, -0.1) is 0 Å². The molecular formula is C21H24N2O2S. The fraction of sp³-hybridized carbons (Fsp3) is 0.333. The molecule has 1 aliphatic rings. The van der Waals surface area contributed by atoms with Gasteiger partial charge in [-0.25, -0.2) is 4.79 Å². The third kappa shape index (κ3) is 4.05. The van der Waals surface area contributed by atoms with E-state index in [4.69, 9.17) is 17.0 Å². The molecule has 0 spiro atoms. The van der Waals surface area contributed by atoms with Crippen molar-refractivity contribution >= 4 is 29.0 Å². The van der Waals surface area contributed by atoms with Crippen LogP contribution >= 0.6 is 12.2 Å². The van der Waals surface area contributed by atoms with E-state index >= 15 is 0 Å². The zero-order valence-corrected chi connectivity index (χ0v) is 16.0. The molecule has 136 valence electrons. The van der Waals surface area contributed by atoms with Crippen LogP contribution in [0.4, 0.5) is 5.69 Å². The number of nitrogens with one attached hydrogen (secondary N) is 2. The van der Waals surface area contributed by atoms with Gasteiger partial charge in [0.05, 0.1) is 18.2 Å². The summed E-state index contributed by atoms with van der Waals surface area (Å²) >= 11 is 5.53. The summed E-state index contributed by atoms with van der Waals surface area (Å²) in [5, 5.41) is 7.23. The molecule has 26 heavy (non-hydrogen) atoms. The molecule has 0 aromatic heterocycles. The number of fused-ring (bicyclic) bond motifs is 1. The van der Waals surface area contributed by atoms with Gasteiger partial charge < -0.3 is 15.4 Å². The van der Waals surface area contributed by atoms with Gasteiger partial charge in [0.25, 0.3) is 0 Å². The van der Waals surface area contributed by atoms with E-state index < -0.39 is 0 Å². The second kappa shape index (κ2) is 8.32. The van der Waals surface area contributed by atoms with Gasteiger partial charge >= 0.3 is 5.97 Å². The van der Waals surface area contributed by atoms with E-state index in [1.807, 2.05) is 19.1 Å². The molecule has 1 aliphatic carbocycles. The first-order valence-corrected chi connectivity index (χ1v) is 9.43. The lowest BCUT2D eigenvalue weighted by atomic mass is 9.88. The lowest BCUT2D eigenvalue weighted by Gasteiger charge is -2.27. The van der Waals surface area contributed by atoms with E-state index in [-0.39, 0.29) is 12.0 Å². The Morgan fingerprint density at radius 2 is 2.04 bits per heavy atom. The summed E-state index contributed by atoms with van der Waals surface area (Å²) in [5.41, 5.74) is 4.92. The van der Waals surface area contributed by atoms with Crippen molar-refractivity contribution in [3.8, 4) is 0 Å². The van der Waals surface area contributed by atoms with Crippen molar-refractivity contribution in [3.63, 3.8) is 0 Å². The minimum atomic E-state index is -0.311. The van der Waals surface area contributed by atoms with Crippen LogP contribution in [0, 0.1) is 6.92 Å². The van der Waals surface area contributed by atoms with Gasteiger partial charge in [0.15, 0.2) is 5.11 Å². The summed E-state index contributed by atoms with van der Waals surface area (Å²) in [5.74, 6) is -0.311. The Balaban J connectivity index is 1.72. The van der Waals surface area contributed by atoms with Crippen LogP contribution in [-0.4, -0.2) is 17.7 Å². The molecule has 0 saturated carbocycles. The summed E-state index contributed by atoms with van der Waals surface area (Å²) in [6.45, 7) is 4.06. The molecule has 1 atom stereocenters. The van der Waals surface area contributed by atoms with Crippen molar-refractivity contribution in [1.29, 1.82) is 0 Å². The van der Waals surface area contributed by atoms with Crippen LogP contribution in [0.3, 0.4) is 0 Å². The molecule has 2 aromatic rings. The second-order valence-corrected chi connectivity index (χ2v) is 6.85. The minimum absolute atomic E-state index is 0.216. The topological polar surface area (TPSA) is 50.4 Å². The van der Waals surface area contributed by atoms with Crippen molar-refractivity contribution in [2.45, 2.75) is 39.2 Å². The van der Waals surface area contributed by atoms with Gasteiger partial charge in [-0.3, -0.25) is 0 Å². The number of rotatable bonds is 4. The van der Waals surface area contributed by atoms with Crippen molar-refractivity contribution in [3.05, 3.63) is 64.7 Å².